The lowest BCUT2D eigenvalue weighted by Crippen LogP contribution is -2.54. The third kappa shape index (κ3) is 2.35. The summed E-state index contributed by atoms with van der Waals surface area (Å²) >= 11 is 0. The second kappa shape index (κ2) is 4.41. The molecule has 2 fully saturated rings. The summed E-state index contributed by atoms with van der Waals surface area (Å²) < 4.78 is 0. The number of nitrogens with zero attached hydrogens (tertiary/aromatic N) is 1. The summed E-state index contributed by atoms with van der Waals surface area (Å²) in [5, 5.41) is 11.8. The maximum atomic E-state index is 11.0. The van der Waals surface area contributed by atoms with Gasteiger partial charge in [-0.3, -0.25) is 9.59 Å². The van der Waals surface area contributed by atoms with Crippen LogP contribution in [-0.4, -0.2) is 47.6 Å². The number of carbonyl (C=O) groups excluding carboxylic acids is 1. The minimum absolute atomic E-state index is 0.140. The van der Waals surface area contributed by atoms with Crippen LogP contribution in [0.1, 0.15) is 19.8 Å². The summed E-state index contributed by atoms with van der Waals surface area (Å²) in [6.07, 6.45) is 1.54. The molecule has 0 radical (unpaired) electrons. The zero-order valence-corrected chi connectivity index (χ0v) is 9.48. The van der Waals surface area contributed by atoms with Gasteiger partial charge in [-0.05, 0) is 12.3 Å². The summed E-state index contributed by atoms with van der Waals surface area (Å²) in [5.41, 5.74) is 0. The highest BCUT2D eigenvalue weighted by Crippen LogP contribution is 2.24. The van der Waals surface area contributed by atoms with Crippen molar-refractivity contribution < 1.29 is 14.7 Å². The van der Waals surface area contributed by atoms with E-state index >= 15 is 0 Å². The standard InChI is InChI=1S/C11H18N2O3/c1-7(11(15)16)8-4-13(5-8)6-9-2-3-10(14)12-9/h7-9H,2-6H2,1H3,(H,12,14)(H,15,16). The fourth-order valence-corrected chi connectivity index (χ4v) is 2.40. The van der Waals surface area contributed by atoms with Gasteiger partial charge >= 0.3 is 5.97 Å². The van der Waals surface area contributed by atoms with E-state index in [1.165, 1.54) is 0 Å². The molecule has 2 unspecified atom stereocenters. The Morgan fingerprint density at radius 1 is 1.62 bits per heavy atom. The number of amides is 1. The normalized spacial score (nSPS) is 28.6. The largest absolute Gasteiger partial charge is 0.481 e. The lowest BCUT2D eigenvalue weighted by molar-refractivity contribution is -0.145. The molecule has 2 aliphatic heterocycles. The molecule has 90 valence electrons. The number of carbonyl (C=O) groups is 2. The van der Waals surface area contributed by atoms with Crippen LogP contribution in [0.25, 0.3) is 0 Å². The van der Waals surface area contributed by atoms with Gasteiger partial charge in [-0.25, -0.2) is 0 Å². The van der Waals surface area contributed by atoms with Crippen molar-refractivity contribution in [2.75, 3.05) is 19.6 Å². The van der Waals surface area contributed by atoms with Gasteiger partial charge < -0.3 is 15.3 Å². The van der Waals surface area contributed by atoms with Gasteiger partial charge in [0.25, 0.3) is 0 Å². The molecular formula is C11H18N2O3. The van der Waals surface area contributed by atoms with E-state index in [-0.39, 0.29) is 23.8 Å². The van der Waals surface area contributed by atoms with E-state index in [9.17, 15) is 9.59 Å². The number of likely N-dealkylation sites (tertiary alicyclic amines) is 1. The lowest BCUT2D eigenvalue weighted by atomic mass is 9.87. The van der Waals surface area contributed by atoms with E-state index in [2.05, 4.69) is 10.2 Å². The van der Waals surface area contributed by atoms with Gasteiger partial charge in [0.2, 0.25) is 5.91 Å². The topological polar surface area (TPSA) is 69.6 Å². The predicted molar refractivity (Wildman–Crippen MR) is 57.9 cm³/mol. The van der Waals surface area contributed by atoms with Crippen LogP contribution < -0.4 is 5.32 Å². The van der Waals surface area contributed by atoms with Crippen molar-refractivity contribution in [1.29, 1.82) is 0 Å². The summed E-state index contributed by atoms with van der Waals surface area (Å²) in [4.78, 5) is 24.0. The smallest absolute Gasteiger partial charge is 0.306 e. The Kier molecular flexibility index (Phi) is 3.14. The van der Waals surface area contributed by atoms with Crippen LogP contribution >= 0.6 is 0 Å². The number of carboxylic acids is 1. The molecule has 2 rings (SSSR count). The van der Waals surface area contributed by atoms with Crippen LogP contribution in [-0.2, 0) is 9.59 Å². The Balaban J connectivity index is 1.69. The quantitative estimate of drug-likeness (QED) is 0.703. The number of rotatable bonds is 4. The van der Waals surface area contributed by atoms with Crippen molar-refractivity contribution in [2.45, 2.75) is 25.8 Å². The molecule has 2 N–H and O–H groups in total. The van der Waals surface area contributed by atoms with Gasteiger partial charge in [0.15, 0.2) is 0 Å². The van der Waals surface area contributed by atoms with Gasteiger partial charge in [-0.1, -0.05) is 6.92 Å². The minimum Gasteiger partial charge on any atom is -0.481 e. The van der Waals surface area contributed by atoms with Crippen molar-refractivity contribution in [3.63, 3.8) is 0 Å². The van der Waals surface area contributed by atoms with E-state index in [0.29, 0.717) is 6.42 Å². The maximum Gasteiger partial charge on any atom is 0.306 e. The van der Waals surface area contributed by atoms with Crippen LogP contribution in [0.4, 0.5) is 0 Å². The summed E-state index contributed by atoms with van der Waals surface area (Å²) in [6.45, 7) is 4.33. The van der Waals surface area contributed by atoms with E-state index in [4.69, 9.17) is 5.11 Å². The highest BCUT2D eigenvalue weighted by atomic mass is 16.4. The third-order valence-corrected chi connectivity index (χ3v) is 3.65. The first kappa shape index (κ1) is 11.4. The van der Waals surface area contributed by atoms with Crippen molar-refractivity contribution in [1.82, 2.24) is 10.2 Å². The molecule has 5 nitrogen and oxygen atoms in total. The molecule has 2 aliphatic rings. The first-order chi connectivity index (χ1) is 7.56. The molecular weight excluding hydrogens is 208 g/mol. The number of hydrogen-bond acceptors (Lipinski definition) is 3. The fraction of sp³-hybridized carbons (Fsp3) is 0.818. The van der Waals surface area contributed by atoms with E-state index in [0.717, 1.165) is 26.1 Å². The van der Waals surface area contributed by atoms with Crippen LogP contribution in [0.3, 0.4) is 0 Å². The first-order valence-corrected chi connectivity index (χ1v) is 5.81. The Labute approximate surface area is 94.8 Å². The molecule has 16 heavy (non-hydrogen) atoms. The third-order valence-electron chi connectivity index (χ3n) is 3.65. The van der Waals surface area contributed by atoms with Crippen LogP contribution in [0.5, 0.6) is 0 Å². The summed E-state index contributed by atoms with van der Waals surface area (Å²) in [5.74, 6) is -0.552. The van der Waals surface area contributed by atoms with Gasteiger partial charge in [0, 0.05) is 32.1 Å². The Hall–Kier alpha value is -1.10. The average Bonchev–Trinajstić information content (AvgIpc) is 2.56. The molecule has 2 atom stereocenters. The van der Waals surface area contributed by atoms with Gasteiger partial charge in [-0.2, -0.15) is 0 Å². The van der Waals surface area contributed by atoms with E-state index < -0.39 is 5.97 Å². The predicted octanol–water partition coefficient (Wildman–Crippen LogP) is -0.0825. The molecule has 0 aliphatic carbocycles. The van der Waals surface area contributed by atoms with Gasteiger partial charge in [0.1, 0.15) is 0 Å². The SMILES string of the molecule is CC(C(=O)O)C1CN(CC2CCC(=O)N2)C1. The van der Waals surface area contributed by atoms with Crippen molar-refractivity contribution >= 4 is 11.9 Å². The molecule has 0 aromatic heterocycles. The van der Waals surface area contributed by atoms with Crippen molar-refractivity contribution in [2.24, 2.45) is 11.8 Å². The van der Waals surface area contributed by atoms with Crippen molar-refractivity contribution in [3.05, 3.63) is 0 Å². The summed E-state index contributed by atoms with van der Waals surface area (Å²) in [6, 6.07) is 0.272. The highest BCUT2D eigenvalue weighted by Gasteiger charge is 2.36. The molecule has 0 spiro atoms. The Morgan fingerprint density at radius 3 is 2.81 bits per heavy atom. The fourth-order valence-electron chi connectivity index (χ4n) is 2.40. The monoisotopic (exact) mass is 226 g/mol. The molecule has 2 saturated heterocycles. The molecule has 2 heterocycles. The zero-order chi connectivity index (χ0) is 11.7. The van der Waals surface area contributed by atoms with Crippen LogP contribution in [0.15, 0.2) is 0 Å². The molecule has 0 aromatic carbocycles. The number of carboxylic acid groups (broad SMARTS) is 1. The molecule has 1 amide bonds. The Morgan fingerprint density at radius 2 is 2.31 bits per heavy atom. The zero-order valence-electron chi connectivity index (χ0n) is 9.48. The van der Waals surface area contributed by atoms with E-state index in [1.807, 2.05) is 0 Å². The van der Waals surface area contributed by atoms with Crippen LogP contribution in [0.2, 0.25) is 0 Å². The number of hydrogen-bond donors (Lipinski definition) is 2. The first-order valence-electron chi connectivity index (χ1n) is 5.81. The second-order valence-corrected chi connectivity index (χ2v) is 4.91. The van der Waals surface area contributed by atoms with Crippen molar-refractivity contribution in [3.8, 4) is 0 Å². The average molecular weight is 226 g/mol. The molecule has 0 aromatic rings. The minimum atomic E-state index is -0.709. The highest BCUT2D eigenvalue weighted by molar-refractivity contribution is 5.78. The maximum absolute atomic E-state index is 11.0. The lowest BCUT2D eigenvalue weighted by Gasteiger charge is -2.42. The van der Waals surface area contributed by atoms with E-state index in [1.54, 1.807) is 6.92 Å². The molecule has 5 heteroatoms. The number of nitrogens with one attached hydrogen (secondary N) is 1. The molecule has 0 saturated carbocycles. The van der Waals surface area contributed by atoms with Gasteiger partial charge in [0.05, 0.1) is 5.92 Å². The number of aliphatic carboxylic acids is 1. The summed E-state index contributed by atoms with van der Waals surface area (Å²) in [7, 11) is 0. The van der Waals surface area contributed by atoms with Crippen LogP contribution in [0, 0.1) is 11.8 Å². The molecule has 0 bridgehead atoms. The Bertz CT molecular complexity index is 300. The van der Waals surface area contributed by atoms with Gasteiger partial charge in [-0.15, -0.1) is 0 Å². The second-order valence-electron chi connectivity index (χ2n) is 4.91.